The normalized spacial score (nSPS) is 10.4. The smallest absolute Gasteiger partial charge is 0.235 e. The molecule has 1 aromatic heterocycles. The zero-order chi connectivity index (χ0) is 8.97. The Morgan fingerprint density at radius 1 is 1.67 bits per heavy atom. The lowest BCUT2D eigenvalue weighted by Gasteiger charge is -1.89. The van der Waals surface area contributed by atoms with E-state index in [0.29, 0.717) is 5.56 Å². The van der Waals surface area contributed by atoms with Crippen LogP contribution in [0.5, 0.6) is 0 Å². The van der Waals surface area contributed by atoms with Gasteiger partial charge in [0.15, 0.2) is 0 Å². The lowest BCUT2D eigenvalue weighted by atomic mass is 10.3. The number of nitrogens with zero attached hydrogens (tertiary/aromatic N) is 2. The zero-order valence-electron chi connectivity index (χ0n) is 5.98. The molecule has 0 fully saturated rings. The second-order valence-corrected chi connectivity index (χ2v) is 2.01. The molecule has 0 aromatic carbocycles. The molecule has 0 aliphatic heterocycles. The van der Waals surface area contributed by atoms with Gasteiger partial charge in [0.1, 0.15) is 0 Å². The number of hydrogen-bond donors (Lipinski definition) is 0. The number of halogens is 1. The quantitative estimate of drug-likeness (QED) is 0.381. The molecule has 0 radical (unpaired) electrons. The summed E-state index contributed by atoms with van der Waals surface area (Å²) in [5.41, 5.74) is 0.416. The summed E-state index contributed by atoms with van der Waals surface area (Å²) in [6, 6.07) is 2.59. The van der Waals surface area contributed by atoms with Crippen molar-refractivity contribution in [1.82, 2.24) is 4.98 Å². The van der Waals surface area contributed by atoms with E-state index in [1.54, 1.807) is 0 Å². The van der Waals surface area contributed by atoms with Crippen molar-refractivity contribution in [1.29, 1.82) is 0 Å². The Morgan fingerprint density at radius 3 is 3.00 bits per heavy atom. The van der Waals surface area contributed by atoms with Crippen LogP contribution in [0, 0.1) is 16.1 Å². The second-order valence-electron chi connectivity index (χ2n) is 2.01. The largest absolute Gasteiger partial charge is 0.259 e. The summed E-state index contributed by atoms with van der Waals surface area (Å²) in [6.45, 7) is 0. The van der Waals surface area contributed by atoms with E-state index in [1.165, 1.54) is 18.3 Å². The van der Waals surface area contributed by atoms with Gasteiger partial charge in [-0.15, -0.1) is 0 Å². The lowest BCUT2D eigenvalue weighted by Crippen LogP contribution is -1.84. The van der Waals surface area contributed by atoms with Crippen molar-refractivity contribution < 1.29 is 9.31 Å². The molecule has 0 amide bonds. The first-order valence-corrected chi connectivity index (χ1v) is 3.12. The molecule has 62 valence electrons. The number of nitro groups is 1. The molecule has 12 heavy (non-hydrogen) atoms. The van der Waals surface area contributed by atoms with Gasteiger partial charge in [-0.1, -0.05) is 0 Å². The van der Waals surface area contributed by atoms with E-state index in [9.17, 15) is 14.5 Å². The van der Waals surface area contributed by atoms with Crippen LogP contribution in [0.1, 0.15) is 5.56 Å². The molecular weight excluding hydrogens is 163 g/mol. The number of hydrogen-bond acceptors (Lipinski definition) is 3. The fraction of sp³-hybridized carbons (Fsp3) is 0. The van der Waals surface area contributed by atoms with Crippen LogP contribution < -0.4 is 0 Å². The summed E-state index contributed by atoms with van der Waals surface area (Å²) in [5, 5.41) is 9.87. The topological polar surface area (TPSA) is 56.0 Å². The molecule has 0 spiro atoms. The molecule has 0 saturated carbocycles. The third-order valence-corrected chi connectivity index (χ3v) is 1.14. The van der Waals surface area contributed by atoms with Crippen molar-refractivity contribution in [2.24, 2.45) is 0 Å². The van der Waals surface area contributed by atoms with Crippen LogP contribution in [0.15, 0.2) is 24.5 Å². The average Bonchev–Trinajstić information content (AvgIpc) is 2.01. The summed E-state index contributed by atoms with van der Waals surface area (Å²) in [7, 11) is 0. The van der Waals surface area contributed by atoms with E-state index in [0.717, 1.165) is 12.3 Å². The maximum absolute atomic E-state index is 12.4. The predicted octanol–water partition coefficient (Wildman–Crippen LogP) is 1.47. The second kappa shape index (κ2) is 3.56. The lowest BCUT2D eigenvalue weighted by molar-refractivity contribution is -0.400. The molecule has 5 heteroatoms. The van der Waals surface area contributed by atoms with Crippen LogP contribution in [0.3, 0.4) is 0 Å². The minimum Gasteiger partial charge on any atom is -0.259 e. The zero-order valence-corrected chi connectivity index (χ0v) is 5.98. The molecule has 0 atom stereocenters. The highest BCUT2D eigenvalue weighted by atomic mass is 19.1. The van der Waals surface area contributed by atoms with E-state index in [2.05, 4.69) is 4.98 Å². The van der Waals surface area contributed by atoms with Gasteiger partial charge in [0.25, 0.3) is 0 Å². The molecule has 0 aliphatic carbocycles. The highest BCUT2D eigenvalue weighted by Crippen LogP contribution is 2.02. The molecule has 0 unspecified atom stereocenters. The highest BCUT2D eigenvalue weighted by molar-refractivity contribution is 5.46. The van der Waals surface area contributed by atoms with Gasteiger partial charge in [0, 0.05) is 18.3 Å². The van der Waals surface area contributed by atoms with Crippen LogP contribution >= 0.6 is 0 Å². The summed E-state index contributed by atoms with van der Waals surface area (Å²) < 4.78 is 12.4. The maximum Gasteiger partial charge on any atom is 0.235 e. The molecule has 1 aromatic rings. The molecule has 0 saturated heterocycles. The SMILES string of the molecule is O=[N+]([O-])/C=C/c1ccnc(F)c1. The average molecular weight is 168 g/mol. The Labute approximate surface area is 67.5 Å². The fourth-order valence-corrected chi connectivity index (χ4v) is 0.668. The number of pyridine rings is 1. The van der Waals surface area contributed by atoms with Gasteiger partial charge >= 0.3 is 0 Å². The van der Waals surface area contributed by atoms with E-state index < -0.39 is 10.9 Å². The molecule has 1 rings (SSSR count). The van der Waals surface area contributed by atoms with E-state index in [-0.39, 0.29) is 0 Å². The van der Waals surface area contributed by atoms with Crippen molar-refractivity contribution >= 4 is 6.08 Å². The third-order valence-electron chi connectivity index (χ3n) is 1.14. The Hall–Kier alpha value is -1.78. The molecule has 0 bridgehead atoms. The van der Waals surface area contributed by atoms with Crippen molar-refractivity contribution in [3.8, 4) is 0 Å². The van der Waals surface area contributed by atoms with E-state index in [1.807, 2.05) is 0 Å². The van der Waals surface area contributed by atoms with Crippen LogP contribution in [-0.2, 0) is 0 Å². The molecule has 0 aliphatic rings. The van der Waals surface area contributed by atoms with Crippen LogP contribution in [-0.4, -0.2) is 9.91 Å². The van der Waals surface area contributed by atoms with Gasteiger partial charge in [-0.05, 0) is 11.6 Å². The molecular formula is C7H5FN2O2. The first-order valence-electron chi connectivity index (χ1n) is 3.12. The van der Waals surface area contributed by atoms with Crippen LogP contribution in [0.2, 0.25) is 0 Å². The van der Waals surface area contributed by atoms with E-state index >= 15 is 0 Å². The van der Waals surface area contributed by atoms with Gasteiger partial charge in [-0.3, -0.25) is 10.1 Å². The van der Waals surface area contributed by atoms with Gasteiger partial charge in [0.2, 0.25) is 12.1 Å². The van der Waals surface area contributed by atoms with Crippen LogP contribution in [0.4, 0.5) is 4.39 Å². The van der Waals surface area contributed by atoms with Crippen molar-refractivity contribution in [3.05, 3.63) is 46.2 Å². The monoisotopic (exact) mass is 168 g/mol. The third kappa shape index (κ3) is 2.45. The summed E-state index contributed by atoms with van der Waals surface area (Å²) in [5.74, 6) is -0.652. The number of aromatic nitrogens is 1. The van der Waals surface area contributed by atoms with Gasteiger partial charge in [-0.25, -0.2) is 4.98 Å². The van der Waals surface area contributed by atoms with Gasteiger partial charge < -0.3 is 0 Å². The maximum atomic E-state index is 12.4. The standard InChI is InChI=1S/C7H5FN2O2/c8-7-5-6(1-3-9-7)2-4-10(11)12/h1-5H/b4-2+. The molecule has 1 heterocycles. The summed E-state index contributed by atoms with van der Waals surface area (Å²) in [6.07, 6.45) is 3.19. The molecule has 0 N–H and O–H groups in total. The fourth-order valence-electron chi connectivity index (χ4n) is 0.668. The van der Waals surface area contributed by atoms with Crippen molar-refractivity contribution in [3.63, 3.8) is 0 Å². The first kappa shape index (κ1) is 8.32. The van der Waals surface area contributed by atoms with Crippen LogP contribution in [0.25, 0.3) is 6.08 Å². The van der Waals surface area contributed by atoms with Gasteiger partial charge in [0.05, 0.1) is 4.92 Å². The minimum absolute atomic E-state index is 0.416. The van der Waals surface area contributed by atoms with Gasteiger partial charge in [-0.2, -0.15) is 4.39 Å². The Morgan fingerprint density at radius 2 is 2.42 bits per heavy atom. The van der Waals surface area contributed by atoms with E-state index in [4.69, 9.17) is 0 Å². The molecule has 4 nitrogen and oxygen atoms in total. The summed E-state index contributed by atoms with van der Waals surface area (Å²) >= 11 is 0. The Bertz CT molecular complexity index is 325. The number of rotatable bonds is 2. The first-order chi connectivity index (χ1) is 5.68. The Balaban J connectivity index is 2.83. The van der Waals surface area contributed by atoms with Crippen molar-refractivity contribution in [2.45, 2.75) is 0 Å². The highest BCUT2D eigenvalue weighted by Gasteiger charge is 1.93. The minimum atomic E-state index is -0.652. The summed E-state index contributed by atoms with van der Waals surface area (Å²) in [4.78, 5) is 12.6. The predicted molar refractivity (Wildman–Crippen MR) is 40.2 cm³/mol. The Kier molecular flexibility index (Phi) is 2.47. The van der Waals surface area contributed by atoms with Crippen molar-refractivity contribution in [2.75, 3.05) is 0 Å².